The lowest BCUT2D eigenvalue weighted by molar-refractivity contribution is -0.140. The van der Waals surface area contributed by atoms with Crippen LogP contribution in [0.2, 0.25) is 0 Å². The summed E-state index contributed by atoms with van der Waals surface area (Å²) >= 11 is 1.65. The number of nitrogens with zero attached hydrogens (tertiary/aromatic N) is 3. The Morgan fingerprint density at radius 1 is 1.41 bits per heavy atom. The van der Waals surface area contributed by atoms with Crippen LogP contribution in [0.25, 0.3) is 0 Å². The smallest absolute Gasteiger partial charge is 0.251 e. The highest BCUT2D eigenvalue weighted by atomic mass is 32.2. The standard InChI is InChI=1S/C16H25N3O2S/c1-13-12-17-6-4-14(13)18-7-3-8-19(10-9-18)16(21)15(20)5-11-22-2/h4,6,12,15,20H,3,5,7-11H2,1-2H3. The number of carbonyl (C=O) groups excluding carboxylic acids is 1. The minimum Gasteiger partial charge on any atom is -0.383 e. The molecule has 1 N–H and O–H groups in total. The van der Waals surface area contributed by atoms with Crippen LogP contribution in [0, 0.1) is 6.92 Å². The zero-order valence-electron chi connectivity index (χ0n) is 13.4. The summed E-state index contributed by atoms with van der Waals surface area (Å²) in [7, 11) is 0. The summed E-state index contributed by atoms with van der Waals surface area (Å²) in [6.45, 7) is 5.16. The van der Waals surface area contributed by atoms with Crippen LogP contribution in [-0.4, -0.2) is 65.2 Å². The van der Waals surface area contributed by atoms with Crippen LogP contribution in [0.3, 0.4) is 0 Å². The molecule has 0 radical (unpaired) electrons. The predicted molar refractivity (Wildman–Crippen MR) is 91.4 cm³/mol. The van der Waals surface area contributed by atoms with E-state index in [0.717, 1.165) is 37.4 Å². The molecule has 1 saturated heterocycles. The van der Waals surface area contributed by atoms with E-state index in [-0.39, 0.29) is 5.91 Å². The van der Waals surface area contributed by atoms with E-state index in [1.54, 1.807) is 11.8 Å². The van der Waals surface area contributed by atoms with Gasteiger partial charge in [-0.15, -0.1) is 0 Å². The van der Waals surface area contributed by atoms with Crippen molar-refractivity contribution in [1.29, 1.82) is 0 Å². The lowest BCUT2D eigenvalue weighted by Gasteiger charge is -2.26. The maximum Gasteiger partial charge on any atom is 0.251 e. The summed E-state index contributed by atoms with van der Waals surface area (Å²) in [6.07, 6.45) is 6.25. The molecule has 0 spiro atoms. The summed E-state index contributed by atoms with van der Waals surface area (Å²) in [5.74, 6) is 0.686. The summed E-state index contributed by atoms with van der Waals surface area (Å²) in [5, 5.41) is 9.99. The van der Waals surface area contributed by atoms with Crippen LogP contribution >= 0.6 is 11.8 Å². The van der Waals surface area contributed by atoms with E-state index in [1.807, 2.05) is 29.6 Å². The molecule has 5 nitrogen and oxygen atoms in total. The minimum atomic E-state index is -0.860. The number of amides is 1. The number of rotatable bonds is 5. The molecule has 2 rings (SSSR count). The number of aryl methyl sites for hydroxylation is 1. The van der Waals surface area contributed by atoms with Crippen molar-refractivity contribution >= 4 is 23.4 Å². The summed E-state index contributed by atoms with van der Waals surface area (Å²) < 4.78 is 0. The Morgan fingerprint density at radius 2 is 2.23 bits per heavy atom. The first-order chi connectivity index (χ1) is 10.6. The Morgan fingerprint density at radius 3 is 2.95 bits per heavy atom. The summed E-state index contributed by atoms with van der Waals surface area (Å²) in [4.78, 5) is 20.5. The quantitative estimate of drug-likeness (QED) is 0.891. The topological polar surface area (TPSA) is 56.7 Å². The third-order valence-corrected chi connectivity index (χ3v) is 4.66. The second-order valence-corrected chi connectivity index (χ2v) is 6.61. The van der Waals surface area contributed by atoms with E-state index >= 15 is 0 Å². The number of anilines is 1. The SMILES string of the molecule is CSCCC(O)C(=O)N1CCCN(c2ccncc2C)CC1. The Hall–Kier alpha value is -1.27. The molecule has 122 valence electrons. The van der Waals surface area contributed by atoms with Crippen molar-refractivity contribution in [1.82, 2.24) is 9.88 Å². The highest BCUT2D eigenvalue weighted by molar-refractivity contribution is 7.98. The number of pyridine rings is 1. The molecule has 22 heavy (non-hydrogen) atoms. The molecule has 0 saturated carbocycles. The summed E-state index contributed by atoms with van der Waals surface area (Å²) in [6, 6.07) is 2.03. The van der Waals surface area contributed by atoms with Gasteiger partial charge in [-0.25, -0.2) is 0 Å². The zero-order valence-corrected chi connectivity index (χ0v) is 14.2. The third-order valence-electron chi connectivity index (χ3n) is 4.02. The minimum absolute atomic E-state index is 0.123. The maximum atomic E-state index is 12.3. The van der Waals surface area contributed by atoms with Gasteiger partial charge in [-0.05, 0) is 43.4 Å². The van der Waals surface area contributed by atoms with Crippen molar-refractivity contribution < 1.29 is 9.90 Å². The van der Waals surface area contributed by atoms with Crippen LogP contribution in [0.1, 0.15) is 18.4 Å². The van der Waals surface area contributed by atoms with Gasteiger partial charge in [-0.3, -0.25) is 9.78 Å². The molecule has 1 aliphatic rings. The van der Waals surface area contributed by atoms with E-state index < -0.39 is 6.10 Å². The van der Waals surface area contributed by atoms with Crippen molar-refractivity contribution in [3.8, 4) is 0 Å². The molecule has 1 aromatic rings. The number of aromatic nitrogens is 1. The fraction of sp³-hybridized carbons (Fsp3) is 0.625. The molecule has 1 atom stereocenters. The van der Waals surface area contributed by atoms with Gasteiger partial charge < -0.3 is 14.9 Å². The van der Waals surface area contributed by atoms with Crippen molar-refractivity contribution in [3.05, 3.63) is 24.0 Å². The Kier molecular flexibility index (Phi) is 6.51. The average molecular weight is 323 g/mol. The molecular formula is C16H25N3O2S. The Balaban J connectivity index is 1.95. The molecule has 1 aliphatic heterocycles. The largest absolute Gasteiger partial charge is 0.383 e. The van der Waals surface area contributed by atoms with Gasteiger partial charge in [0.15, 0.2) is 0 Å². The predicted octanol–water partition coefficient (Wildman–Crippen LogP) is 1.54. The zero-order chi connectivity index (χ0) is 15.9. The lowest BCUT2D eigenvalue weighted by Crippen LogP contribution is -2.41. The van der Waals surface area contributed by atoms with Crippen LogP contribution in [0.4, 0.5) is 5.69 Å². The average Bonchev–Trinajstić information content (AvgIpc) is 2.78. The van der Waals surface area contributed by atoms with Crippen LogP contribution in [0.5, 0.6) is 0 Å². The fourth-order valence-electron chi connectivity index (χ4n) is 2.76. The fourth-order valence-corrected chi connectivity index (χ4v) is 3.22. The molecule has 6 heteroatoms. The number of hydrogen-bond acceptors (Lipinski definition) is 5. The normalized spacial score (nSPS) is 17.2. The lowest BCUT2D eigenvalue weighted by atomic mass is 10.2. The second-order valence-electron chi connectivity index (χ2n) is 5.63. The molecule has 1 unspecified atom stereocenters. The third kappa shape index (κ3) is 4.36. The molecule has 0 aliphatic carbocycles. The number of hydrogen-bond donors (Lipinski definition) is 1. The molecule has 1 fully saturated rings. The highest BCUT2D eigenvalue weighted by Gasteiger charge is 2.24. The molecule has 1 aromatic heterocycles. The van der Waals surface area contributed by atoms with Gasteiger partial charge >= 0.3 is 0 Å². The van der Waals surface area contributed by atoms with Gasteiger partial charge in [0.25, 0.3) is 5.91 Å². The van der Waals surface area contributed by atoms with Crippen molar-refractivity contribution in [3.63, 3.8) is 0 Å². The molecule has 2 heterocycles. The van der Waals surface area contributed by atoms with E-state index in [0.29, 0.717) is 13.0 Å². The Bertz CT molecular complexity index is 498. The second kappa shape index (κ2) is 8.39. The molecule has 0 aromatic carbocycles. The molecular weight excluding hydrogens is 298 g/mol. The molecule has 1 amide bonds. The van der Waals surface area contributed by atoms with Crippen molar-refractivity contribution in [2.75, 3.05) is 43.1 Å². The highest BCUT2D eigenvalue weighted by Crippen LogP contribution is 2.20. The first kappa shape index (κ1) is 17.1. The maximum absolute atomic E-state index is 12.3. The first-order valence-electron chi connectivity index (χ1n) is 7.75. The van der Waals surface area contributed by atoms with Crippen molar-refractivity contribution in [2.24, 2.45) is 0 Å². The van der Waals surface area contributed by atoms with Crippen LogP contribution < -0.4 is 4.90 Å². The van der Waals surface area contributed by atoms with Gasteiger partial charge in [0, 0.05) is 44.3 Å². The number of aliphatic hydroxyl groups excluding tert-OH is 1. The van der Waals surface area contributed by atoms with Gasteiger partial charge in [0.1, 0.15) is 6.10 Å². The van der Waals surface area contributed by atoms with Crippen LogP contribution in [0.15, 0.2) is 18.5 Å². The first-order valence-corrected chi connectivity index (χ1v) is 9.14. The summed E-state index contributed by atoms with van der Waals surface area (Å²) in [5.41, 5.74) is 2.34. The van der Waals surface area contributed by atoms with Gasteiger partial charge in [-0.1, -0.05) is 0 Å². The van der Waals surface area contributed by atoms with Crippen LogP contribution in [-0.2, 0) is 4.79 Å². The van der Waals surface area contributed by atoms with Gasteiger partial charge in [-0.2, -0.15) is 11.8 Å². The van der Waals surface area contributed by atoms with Gasteiger partial charge in [0.05, 0.1) is 0 Å². The van der Waals surface area contributed by atoms with E-state index in [1.165, 1.54) is 5.69 Å². The van der Waals surface area contributed by atoms with E-state index in [4.69, 9.17) is 0 Å². The van der Waals surface area contributed by atoms with Crippen molar-refractivity contribution in [2.45, 2.75) is 25.9 Å². The monoisotopic (exact) mass is 323 g/mol. The number of aliphatic hydroxyl groups is 1. The number of thioether (sulfide) groups is 1. The van der Waals surface area contributed by atoms with Gasteiger partial charge in [0.2, 0.25) is 0 Å². The molecule has 0 bridgehead atoms. The van der Waals surface area contributed by atoms with E-state index in [2.05, 4.69) is 16.8 Å². The number of carbonyl (C=O) groups is 1. The Labute approximate surface area is 136 Å². The van der Waals surface area contributed by atoms with E-state index in [9.17, 15) is 9.90 Å².